The molecule has 208 valence electrons. The Morgan fingerprint density at radius 3 is 2.55 bits per heavy atom. The lowest BCUT2D eigenvalue weighted by molar-refractivity contribution is -0.156. The van der Waals surface area contributed by atoms with E-state index in [1.165, 1.54) is 12.1 Å². The van der Waals surface area contributed by atoms with Gasteiger partial charge in [0.15, 0.2) is 0 Å². The lowest BCUT2D eigenvalue weighted by atomic mass is 9.58. The van der Waals surface area contributed by atoms with Gasteiger partial charge in [-0.1, -0.05) is 59.7 Å². The predicted octanol–water partition coefficient (Wildman–Crippen LogP) is 7.53. The molecule has 1 fully saturated rings. The van der Waals surface area contributed by atoms with E-state index in [0.717, 1.165) is 11.1 Å². The number of amides is 1. The highest BCUT2D eigenvalue weighted by Gasteiger charge is 2.63. The van der Waals surface area contributed by atoms with Crippen molar-refractivity contribution in [2.75, 3.05) is 11.9 Å². The molecule has 0 aliphatic carbocycles. The van der Waals surface area contributed by atoms with Gasteiger partial charge in [-0.05, 0) is 86.3 Å². The summed E-state index contributed by atoms with van der Waals surface area (Å²) >= 11 is 18.7. The van der Waals surface area contributed by atoms with Crippen LogP contribution in [0.3, 0.4) is 0 Å². The molecular formula is C31H29Cl2FN2O3S. The van der Waals surface area contributed by atoms with Gasteiger partial charge in [0.25, 0.3) is 0 Å². The number of thiocarbonyl (C=S) groups is 1. The summed E-state index contributed by atoms with van der Waals surface area (Å²) in [5, 5.41) is 4.02. The Morgan fingerprint density at radius 1 is 1.12 bits per heavy atom. The fraction of sp³-hybridized carbons (Fsp3) is 0.323. The zero-order valence-electron chi connectivity index (χ0n) is 22.6. The summed E-state index contributed by atoms with van der Waals surface area (Å²) in [6.45, 7) is 7.00. The van der Waals surface area contributed by atoms with E-state index in [2.05, 4.69) is 5.32 Å². The SMILES string of the molecule is Cc1ccc(F)cc1C1N(CC(=O)OC(C)(C)C)C(=S)CC(c2cccc(Cl)c2)C12C(=O)Nc1cc(Cl)ccc12. The molecule has 0 bridgehead atoms. The largest absolute Gasteiger partial charge is 0.459 e. The van der Waals surface area contributed by atoms with Gasteiger partial charge in [-0.3, -0.25) is 9.59 Å². The van der Waals surface area contributed by atoms with Crippen molar-refractivity contribution in [3.8, 4) is 0 Å². The Hall–Kier alpha value is -3.00. The summed E-state index contributed by atoms with van der Waals surface area (Å²) in [5.74, 6) is -1.73. The maximum Gasteiger partial charge on any atom is 0.326 e. The third kappa shape index (κ3) is 5.00. The Bertz CT molecular complexity index is 1540. The second-order valence-corrected chi connectivity index (χ2v) is 12.7. The van der Waals surface area contributed by atoms with Crippen LogP contribution in [-0.2, 0) is 19.7 Å². The number of aryl methyl sites for hydroxylation is 1. The zero-order chi connectivity index (χ0) is 29.0. The van der Waals surface area contributed by atoms with Gasteiger partial charge in [0.05, 0.1) is 11.0 Å². The van der Waals surface area contributed by atoms with Crippen molar-refractivity contribution in [3.63, 3.8) is 0 Å². The highest BCUT2D eigenvalue weighted by molar-refractivity contribution is 7.80. The first-order valence-electron chi connectivity index (χ1n) is 13.0. The Morgan fingerprint density at radius 2 is 1.85 bits per heavy atom. The zero-order valence-corrected chi connectivity index (χ0v) is 24.9. The van der Waals surface area contributed by atoms with Crippen molar-refractivity contribution in [3.05, 3.63) is 98.8 Å². The van der Waals surface area contributed by atoms with E-state index in [0.29, 0.717) is 31.8 Å². The van der Waals surface area contributed by atoms with E-state index < -0.39 is 34.8 Å². The summed E-state index contributed by atoms with van der Waals surface area (Å²) < 4.78 is 20.6. The van der Waals surface area contributed by atoms with E-state index in [1.807, 2.05) is 31.2 Å². The number of esters is 1. The number of hydrogen-bond acceptors (Lipinski definition) is 4. The number of halogens is 3. The van der Waals surface area contributed by atoms with Gasteiger partial charge in [-0.25, -0.2) is 4.39 Å². The van der Waals surface area contributed by atoms with Crippen LogP contribution < -0.4 is 5.32 Å². The average Bonchev–Trinajstić information content (AvgIpc) is 3.13. The molecule has 3 aromatic rings. The van der Waals surface area contributed by atoms with Crippen LogP contribution in [0.4, 0.5) is 10.1 Å². The van der Waals surface area contributed by atoms with Gasteiger partial charge in [-0.15, -0.1) is 0 Å². The number of rotatable bonds is 4. The first-order valence-corrected chi connectivity index (χ1v) is 14.1. The number of ether oxygens (including phenoxy) is 1. The van der Waals surface area contributed by atoms with Crippen molar-refractivity contribution in [1.29, 1.82) is 0 Å². The quantitative estimate of drug-likeness (QED) is 0.248. The molecule has 0 aromatic heterocycles. The predicted molar refractivity (Wildman–Crippen MR) is 160 cm³/mol. The van der Waals surface area contributed by atoms with Crippen LogP contribution in [0.2, 0.25) is 10.0 Å². The van der Waals surface area contributed by atoms with E-state index in [-0.39, 0.29) is 18.9 Å². The number of likely N-dealkylation sites (tertiary alicyclic amines) is 1. The number of fused-ring (bicyclic) bond motifs is 2. The van der Waals surface area contributed by atoms with Crippen molar-refractivity contribution < 1.29 is 18.7 Å². The number of hydrogen-bond donors (Lipinski definition) is 1. The maximum absolute atomic E-state index is 14.9. The molecule has 1 spiro atoms. The Balaban J connectivity index is 1.82. The van der Waals surface area contributed by atoms with E-state index in [1.54, 1.807) is 49.9 Å². The fourth-order valence-electron chi connectivity index (χ4n) is 6.09. The monoisotopic (exact) mass is 598 g/mol. The van der Waals surface area contributed by atoms with Crippen molar-refractivity contribution in [1.82, 2.24) is 4.90 Å². The number of piperidine rings is 1. The third-order valence-corrected chi connectivity index (χ3v) is 8.42. The summed E-state index contributed by atoms with van der Waals surface area (Å²) in [5.41, 5.74) is 1.33. The van der Waals surface area contributed by atoms with Gasteiger partial charge >= 0.3 is 5.97 Å². The molecule has 3 unspecified atom stereocenters. The molecule has 0 saturated carbocycles. The van der Waals surface area contributed by atoms with Gasteiger partial charge in [0.1, 0.15) is 23.4 Å². The van der Waals surface area contributed by atoms with Gasteiger partial charge < -0.3 is 15.0 Å². The lowest BCUT2D eigenvalue weighted by Gasteiger charge is -2.53. The second kappa shape index (κ2) is 10.4. The molecule has 2 aliphatic rings. The average molecular weight is 600 g/mol. The normalized spacial score (nSPS) is 22.3. The van der Waals surface area contributed by atoms with Crippen molar-refractivity contribution in [2.24, 2.45) is 0 Å². The number of benzene rings is 3. The third-order valence-electron chi connectivity index (χ3n) is 7.55. The Kier molecular flexibility index (Phi) is 7.44. The molecule has 1 N–H and O–H groups in total. The fourth-order valence-corrected chi connectivity index (χ4v) is 6.80. The smallest absolute Gasteiger partial charge is 0.326 e. The second-order valence-electron chi connectivity index (χ2n) is 11.3. The molecule has 40 heavy (non-hydrogen) atoms. The number of nitrogens with one attached hydrogen (secondary N) is 1. The van der Waals surface area contributed by atoms with Crippen LogP contribution in [0, 0.1) is 12.7 Å². The molecule has 2 aliphatic heterocycles. The molecular weight excluding hydrogens is 570 g/mol. The lowest BCUT2D eigenvalue weighted by Crippen LogP contribution is -2.59. The highest BCUT2D eigenvalue weighted by atomic mass is 35.5. The summed E-state index contributed by atoms with van der Waals surface area (Å²) in [4.78, 5) is 29.9. The minimum atomic E-state index is -1.31. The minimum absolute atomic E-state index is 0.211. The number of carbonyl (C=O) groups is 2. The summed E-state index contributed by atoms with van der Waals surface area (Å²) in [6.07, 6.45) is 0.277. The summed E-state index contributed by atoms with van der Waals surface area (Å²) in [6, 6.07) is 16.2. The molecule has 5 nitrogen and oxygen atoms in total. The molecule has 0 radical (unpaired) electrons. The van der Waals surface area contributed by atoms with Crippen LogP contribution in [0.1, 0.15) is 61.4 Å². The maximum atomic E-state index is 14.9. The molecule has 5 rings (SSSR count). The van der Waals surface area contributed by atoms with Crippen LogP contribution in [0.25, 0.3) is 0 Å². The highest BCUT2D eigenvalue weighted by Crippen LogP contribution is 2.60. The van der Waals surface area contributed by atoms with Gasteiger partial charge in [0, 0.05) is 28.1 Å². The molecule has 1 saturated heterocycles. The molecule has 2 heterocycles. The number of anilines is 1. The van der Waals surface area contributed by atoms with Crippen LogP contribution in [0.15, 0.2) is 60.7 Å². The van der Waals surface area contributed by atoms with Gasteiger partial charge in [0.2, 0.25) is 5.91 Å². The van der Waals surface area contributed by atoms with Crippen LogP contribution >= 0.6 is 35.4 Å². The summed E-state index contributed by atoms with van der Waals surface area (Å²) in [7, 11) is 0. The molecule has 9 heteroatoms. The Labute approximate surface area is 248 Å². The van der Waals surface area contributed by atoms with E-state index >= 15 is 0 Å². The van der Waals surface area contributed by atoms with Crippen LogP contribution in [0.5, 0.6) is 0 Å². The topological polar surface area (TPSA) is 58.6 Å². The molecule has 3 aromatic carbocycles. The van der Waals surface area contributed by atoms with Crippen molar-refractivity contribution >= 4 is 58.0 Å². The molecule has 1 amide bonds. The standard InChI is InChI=1S/C31H29Cl2FN2O3S/c1-17-8-10-21(34)14-22(17)28-31(23-11-9-20(33)13-25(23)35-29(31)38)24(18-6-5-7-19(32)12-18)15-26(40)36(28)16-27(37)39-30(2,3)4/h5-14,24,28H,15-16H2,1-4H3,(H,35,38). The van der Waals surface area contributed by atoms with Gasteiger partial charge in [-0.2, -0.15) is 0 Å². The number of nitrogens with zero attached hydrogens (tertiary/aromatic N) is 1. The first-order chi connectivity index (χ1) is 18.8. The van der Waals surface area contributed by atoms with E-state index in [4.69, 9.17) is 40.2 Å². The minimum Gasteiger partial charge on any atom is -0.459 e. The first kappa shape index (κ1) is 28.5. The molecule has 3 atom stereocenters. The van der Waals surface area contributed by atoms with Crippen LogP contribution in [-0.4, -0.2) is 33.9 Å². The van der Waals surface area contributed by atoms with E-state index in [9.17, 15) is 14.0 Å². The van der Waals surface area contributed by atoms with Crippen molar-refractivity contribution in [2.45, 2.75) is 57.1 Å². The number of carbonyl (C=O) groups excluding carboxylic acids is 2.